The van der Waals surface area contributed by atoms with Crippen molar-refractivity contribution >= 4 is 24.3 Å². The summed E-state index contributed by atoms with van der Waals surface area (Å²) in [5.74, 6) is -1.66. The summed E-state index contributed by atoms with van der Waals surface area (Å²) in [5, 5.41) is 32.8. The number of carboxylic acid groups (broad SMARTS) is 1. The quantitative estimate of drug-likeness (QED) is 0.320. The molecule has 3 aliphatic carbocycles. The third-order valence-corrected chi connectivity index (χ3v) is 11.5. The van der Waals surface area contributed by atoms with E-state index in [-0.39, 0.29) is 30.1 Å². The molecule has 0 aromatic heterocycles. The zero-order chi connectivity index (χ0) is 28.5. The molecule has 0 spiro atoms. The van der Waals surface area contributed by atoms with E-state index in [0.29, 0.717) is 30.5 Å². The predicted molar refractivity (Wildman–Crippen MR) is 147 cm³/mol. The molecule has 0 radical (unpaired) electrons. The number of aliphatic carboxylic acids is 1. The zero-order valence-corrected chi connectivity index (χ0v) is 23.4. The van der Waals surface area contributed by atoms with E-state index in [0.717, 1.165) is 18.4 Å². The highest BCUT2D eigenvalue weighted by Gasteiger charge is 2.69. The largest absolute Gasteiger partial charge is 0.492 e. The topological polar surface area (TPSA) is 139 Å². The number of ketones is 1. The molecular weight excluding hydrogens is 497 g/mol. The van der Waals surface area contributed by atoms with Crippen LogP contribution in [0.25, 0.3) is 0 Å². The summed E-state index contributed by atoms with van der Waals surface area (Å²) in [7, 11) is -1.17. The number of ether oxygens (including phenoxy) is 1. The Morgan fingerprint density at radius 1 is 1.33 bits per heavy atom. The highest BCUT2D eigenvalue weighted by Crippen LogP contribution is 2.69. The highest BCUT2D eigenvalue weighted by molar-refractivity contribution is 6.61. The summed E-state index contributed by atoms with van der Waals surface area (Å²) in [6.07, 6.45) is 2.41. The van der Waals surface area contributed by atoms with Gasteiger partial charge in [-0.1, -0.05) is 39.8 Å². The maximum Gasteiger partial charge on any atom is 0.492 e. The maximum atomic E-state index is 13.7. The number of benzene rings is 1. The van der Waals surface area contributed by atoms with Gasteiger partial charge in [0.1, 0.15) is 11.5 Å². The molecule has 1 aliphatic heterocycles. The van der Waals surface area contributed by atoms with Gasteiger partial charge in [-0.3, -0.25) is 4.79 Å². The fourth-order valence-electron chi connectivity index (χ4n) is 8.99. The van der Waals surface area contributed by atoms with Crippen LogP contribution in [0.5, 0.6) is 5.75 Å². The highest BCUT2D eigenvalue weighted by atomic mass is 16.5. The number of nitrogens with two attached hydrogens (primary N) is 1. The summed E-state index contributed by atoms with van der Waals surface area (Å²) in [5.41, 5.74) is 5.20. The Bertz CT molecular complexity index is 1180. The van der Waals surface area contributed by atoms with Crippen LogP contribution in [0.2, 0.25) is 0 Å². The second-order valence-corrected chi connectivity index (χ2v) is 13.1. The Hall–Kier alpha value is -2.20. The smallest absolute Gasteiger partial charge is 0.478 e. The first-order valence-electron chi connectivity index (χ1n) is 14.2. The van der Waals surface area contributed by atoms with Gasteiger partial charge >= 0.3 is 13.1 Å². The van der Waals surface area contributed by atoms with Gasteiger partial charge in [-0.05, 0) is 71.5 Å². The lowest BCUT2D eigenvalue weighted by Crippen LogP contribution is -2.63. The Balaban J connectivity index is 1.63. The standard InChI is InChI=1S/C30H42BNO7/c1-6-28(4)14-20(24(27(35)36)38-18-7-8-19-21(13-18)31(37)39-23(19)15-32)29(5)16(2)9-11-30(17(3)26(28)34)12-10-22(33)25(29)30/h6-8,13,16-17,20,23-26,34,37H,1,9-12,14-15,32H2,2-5H3,(H,35,36)/t16-,17-,20-,23?,24?,25-,26-,28+,29+,30-/m0/s1. The third kappa shape index (κ3) is 4.03. The monoisotopic (exact) mass is 539 g/mol. The fourth-order valence-corrected chi connectivity index (χ4v) is 8.99. The van der Waals surface area contributed by atoms with Gasteiger partial charge in [0.2, 0.25) is 0 Å². The minimum absolute atomic E-state index is 0.0742. The summed E-state index contributed by atoms with van der Waals surface area (Å²) in [4.78, 5) is 26.7. The van der Waals surface area contributed by atoms with E-state index in [2.05, 4.69) is 27.4 Å². The summed E-state index contributed by atoms with van der Waals surface area (Å²) in [6, 6.07) is 5.06. The lowest BCUT2D eigenvalue weighted by atomic mass is 9.41. The Morgan fingerprint density at radius 3 is 2.69 bits per heavy atom. The van der Waals surface area contributed by atoms with Crippen LogP contribution in [0.4, 0.5) is 0 Å². The van der Waals surface area contributed by atoms with Crippen molar-refractivity contribution in [2.24, 2.45) is 45.7 Å². The second kappa shape index (κ2) is 9.72. The lowest BCUT2D eigenvalue weighted by Gasteiger charge is -2.63. The number of carboxylic acids is 1. The summed E-state index contributed by atoms with van der Waals surface area (Å²) >= 11 is 0. The van der Waals surface area contributed by atoms with Gasteiger partial charge in [0.05, 0.1) is 12.2 Å². The van der Waals surface area contributed by atoms with E-state index in [4.69, 9.17) is 15.1 Å². The van der Waals surface area contributed by atoms with Crippen molar-refractivity contribution in [3.05, 3.63) is 36.4 Å². The molecule has 8 nitrogen and oxygen atoms in total. The van der Waals surface area contributed by atoms with Crippen LogP contribution >= 0.6 is 0 Å². The molecule has 3 saturated carbocycles. The first kappa shape index (κ1) is 28.3. The van der Waals surface area contributed by atoms with Gasteiger partial charge in [0, 0.05) is 30.2 Å². The SMILES string of the molecule is C=C[C@]1(C)C[C@@H](C(Oc2ccc3c(c2)B(O)OC3CN)C(=O)O)[C@]2(C)[C@@H]3C(=O)CC[C@@]3(CC[C@@H]2C)[C@@H](C)[C@@H]1O. The Labute approximate surface area is 231 Å². The minimum atomic E-state index is -1.29. The number of hydrogen-bond donors (Lipinski definition) is 4. The number of aliphatic hydroxyl groups is 1. The number of aliphatic hydroxyl groups excluding tert-OH is 1. The number of carbonyl (C=O) groups excluding carboxylic acids is 1. The van der Waals surface area contributed by atoms with Crippen LogP contribution in [0, 0.1) is 39.9 Å². The molecule has 3 fully saturated rings. The van der Waals surface area contributed by atoms with E-state index >= 15 is 0 Å². The molecule has 212 valence electrons. The van der Waals surface area contributed by atoms with Crippen molar-refractivity contribution in [2.45, 2.75) is 78.1 Å². The molecule has 9 heteroatoms. The summed E-state index contributed by atoms with van der Waals surface area (Å²) in [6.45, 7) is 12.5. The molecule has 39 heavy (non-hydrogen) atoms. The molecule has 4 aliphatic rings. The number of fused-ring (bicyclic) bond motifs is 1. The van der Waals surface area contributed by atoms with E-state index in [1.165, 1.54) is 0 Å². The van der Waals surface area contributed by atoms with Crippen LogP contribution in [0.1, 0.15) is 71.5 Å². The van der Waals surface area contributed by atoms with Crippen LogP contribution in [0.15, 0.2) is 30.9 Å². The van der Waals surface area contributed by atoms with E-state index < -0.39 is 53.6 Å². The van der Waals surface area contributed by atoms with Gasteiger partial charge < -0.3 is 30.4 Å². The number of rotatable bonds is 6. The predicted octanol–water partition coefficient (Wildman–Crippen LogP) is 2.85. The molecule has 1 aromatic rings. The van der Waals surface area contributed by atoms with Gasteiger partial charge in [0.25, 0.3) is 0 Å². The van der Waals surface area contributed by atoms with Gasteiger partial charge in [-0.2, -0.15) is 0 Å². The minimum Gasteiger partial charge on any atom is -0.478 e. The average Bonchev–Trinajstić information content (AvgIpc) is 3.43. The Morgan fingerprint density at radius 2 is 2.05 bits per heavy atom. The van der Waals surface area contributed by atoms with E-state index in [9.17, 15) is 24.8 Å². The van der Waals surface area contributed by atoms with Gasteiger partial charge in [-0.25, -0.2) is 4.79 Å². The van der Waals surface area contributed by atoms with E-state index in [1.807, 2.05) is 6.92 Å². The fraction of sp³-hybridized carbons (Fsp3) is 0.667. The van der Waals surface area contributed by atoms with Crippen molar-refractivity contribution in [1.29, 1.82) is 0 Å². The average molecular weight is 539 g/mol. The molecule has 2 bridgehead atoms. The molecule has 1 heterocycles. The number of hydrogen-bond acceptors (Lipinski definition) is 7. The zero-order valence-electron chi connectivity index (χ0n) is 23.4. The van der Waals surface area contributed by atoms with Crippen LogP contribution in [-0.4, -0.2) is 52.9 Å². The van der Waals surface area contributed by atoms with Gasteiger partial charge in [-0.15, -0.1) is 6.58 Å². The van der Waals surface area contributed by atoms with Crippen LogP contribution in [-0.2, 0) is 14.2 Å². The first-order valence-corrected chi connectivity index (χ1v) is 14.2. The third-order valence-electron chi connectivity index (χ3n) is 11.5. The first-order chi connectivity index (χ1) is 18.3. The van der Waals surface area contributed by atoms with Crippen molar-refractivity contribution in [1.82, 2.24) is 0 Å². The molecule has 0 saturated heterocycles. The lowest BCUT2D eigenvalue weighted by molar-refractivity contribution is -0.193. The molecule has 10 atom stereocenters. The Kier molecular flexibility index (Phi) is 7.06. The molecule has 2 unspecified atom stereocenters. The van der Waals surface area contributed by atoms with Crippen molar-refractivity contribution in [3.8, 4) is 5.75 Å². The maximum absolute atomic E-state index is 13.7. The van der Waals surface area contributed by atoms with Gasteiger partial charge in [0.15, 0.2) is 6.10 Å². The number of Topliss-reactive ketones (excluding diaryl/α,β-unsaturated/α-hetero) is 1. The molecule has 5 rings (SSSR count). The van der Waals surface area contributed by atoms with Crippen LogP contribution < -0.4 is 15.9 Å². The van der Waals surface area contributed by atoms with Crippen molar-refractivity contribution < 1.29 is 34.2 Å². The molecule has 1 aromatic carbocycles. The van der Waals surface area contributed by atoms with Crippen molar-refractivity contribution in [3.63, 3.8) is 0 Å². The van der Waals surface area contributed by atoms with Crippen LogP contribution in [0.3, 0.4) is 0 Å². The molecule has 5 N–H and O–H groups in total. The number of carbonyl (C=O) groups is 2. The summed E-state index contributed by atoms with van der Waals surface area (Å²) < 4.78 is 11.8. The normalized spacial score (nSPS) is 42.2. The molecule has 0 amide bonds. The second-order valence-electron chi connectivity index (χ2n) is 13.1. The van der Waals surface area contributed by atoms with E-state index in [1.54, 1.807) is 24.3 Å². The molecular formula is C30H42BNO7. The van der Waals surface area contributed by atoms with Crippen molar-refractivity contribution in [2.75, 3.05) is 6.54 Å².